The summed E-state index contributed by atoms with van der Waals surface area (Å²) in [5, 5.41) is 3.05. The van der Waals surface area contributed by atoms with Gasteiger partial charge in [-0.15, -0.1) is 0 Å². The molecule has 108 valence electrons. The largest absolute Gasteiger partial charge is 0.355 e. The molecule has 1 aliphatic carbocycles. The maximum atomic E-state index is 11.9. The van der Waals surface area contributed by atoms with Crippen LogP contribution in [0.1, 0.15) is 30.4 Å². The number of thioether (sulfide) groups is 1. The average molecular weight is 289 g/mol. The van der Waals surface area contributed by atoms with Crippen LogP contribution in [0, 0.1) is 12.8 Å². The van der Waals surface area contributed by atoms with Crippen molar-refractivity contribution in [2.45, 2.75) is 31.9 Å². The predicted octanol–water partition coefficient (Wildman–Crippen LogP) is 3.70. The minimum Gasteiger partial charge on any atom is -0.355 e. The van der Waals surface area contributed by atoms with E-state index in [4.69, 9.17) is 0 Å². The molecular formula is C17H23NOS. The van der Waals surface area contributed by atoms with Gasteiger partial charge in [-0.25, -0.2) is 0 Å². The van der Waals surface area contributed by atoms with Gasteiger partial charge in [-0.1, -0.05) is 42.0 Å². The Labute approximate surface area is 126 Å². The Bertz CT molecular complexity index is 453. The number of aryl methyl sites for hydroxylation is 1. The number of allylic oxidation sites excluding steroid dienone is 2. The van der Waals surface area contributed by atoms with Gasteiger partial charge in [-0.05, 0) is 31.7 Å². The van der Waals surface area contributed by atoms with Crippen molar-refractivity contribution in [2.24, 2.45) is 5.92 Å². The van der Waals surface area contributed by atoms with Gasteiger partial charge < -0.3 is 5.32 Å². The zero-order valence-corrected chi connectivity index (χ0v) is 12.9. The highest BCUT2D eigenvalue weighted by molar-refractivity contribution is 7.98. The van der Waals surface area contributed by atoms with Crippen molar-refractivity contribution in [2.75, 3.05) is 12.3 Å². The first-order valence-corrected chi connectivity index (χ1v) is 8.47. The number of carbonyl (C=O) groups excluding carboxylic acids is 1. The predicted molar refractivity (Wildman–Crippen MR) is 86.8 cm³/mol. The SMILES string of the molecule is Cc1ccc(CSCCNC(=O)C2CC=CCC2)cc1. The fourth-order valence-corrected chi connectivity index (χ4v) is 3.12. The zero-order chi connectivity index (χ0) is 14.2. The summed E-state index contributed by atoms with van der Waals surface area (Å²) >= 11 is 1.87. The molecule has 0 fully saturated rings. The van der Waals surface area contributed by atoms with E-state index in [0.29, 0.717) is 0 Å². The molecule has 0 radical (unpaired) electrons. The van der Waals surface area contributed by atoms with Crippen LogP contribution in [0.4, 0.5) is 0 Å². The smallest absolute Gasteiger partial charge is 0.223 e. The highest BCUT2D eigenvalue weighted by atomic mass is 32.2. The molecular weight excluding hydrogens is 266 g/mol. The van der Waals surface area contributed by atoms with E-state index in [0.717, 1.165) is 37.3 Å². The molecule has 1 amide bonds. The van der Waals surface area contributed by atoms with E-state index in [1.54, 1.807) is 0 Å². The third-order valence-corrected chi connectivity index (χ3v) is 4.61. The molecule has 0 aliphatic heterocycles. The Morgan fingerprint density at radius 3 is 2.80 bits per heavy atom. The van der Waals surface area contributed by atoms with Crippen LogP contribution >= 0.6 is 11.8 Å². The number of hydrogen-bond acceptors (Lipinski definition) is 2. The van der Waals surface area contributed by atoms with E-state index in [1.165, 1.54) is 11.1 Å². The minimum absolute atomic E-state index is 0.196. The highest BCUT2D eigenvalue weighted by Crippen LogP contribution is 2.18. The molecule has 20 heavy (non-hydrogen) atoms. The van der Waals surface area contributed by atoms with Gasteiger partial charge in [0.05, 0.1) is 0 Å². The summed E-state index contributed by atoms with van der Waals surface area (Å²) in [6.07, 6.45) is 7.24. The quantitative estimate of drug-likeness (QED) is 0.639. The molecule has 0 saturated carbocycles. The number of benzene rings is 1. The third kappa shape index (κ3) is 5.04. The van der Waals surface area contributed by atoms with Crippen LogP contribution in [0.15, 0.2) is 36.4 Å². The lowest BCUT2D eigenvalue weighted by molar-refractivity contribution is -0.125. The van der Waals surface area contributed by atoms with Crippen LogP contribution in [0.2, 0.25) is 0 Å². The van der Waals surface area contributed by atoms with E-state index in [9.17, 15) is 4.79 Å². The second-order valence-corrected chi connectivity index (χ2v) is 6.42. The van der Waals surface area contributed by atoms with Crippen LogP contribution in [0.5, 0.6) is 0 Å². The molecule has 1 aromatic carbocycles. The number of carbonyl (C=O) groups is 1. The Hall–Kier alpha value is -1.22. The van der Waals surface area contributed by atoms with E-state index in [-0.39, 0.29) is 11.8 Å². The van der Waals surface area contributed by atoms with Gasteiger partial charge in [-0.3, -0.25) is 4.79 Å². The monoisotopic (exact) mass is 289 g/mol. The lowest BCUT2D eigenvalue weighted by Gasteiger charge is -2.17. The van der Waals surface area contributed by atoms with Crippen LogP contribution in [0.3, 0.4) is 0 Å². The molecule has 0 aromatic heterocycles. The van der Waals surface area contributed by atoms with Crippen LogP contribution in [-0.2, 0) is 10.5 Å². The van der Waals surface area contributed by atoms with E-state index in [1.807, 2.05) is 11.8 Å². The van der Waals surface area contributed by atoms with Crippen molar-refractivity contribution in [3.05, 3.63) is 47.5 Å². The van der Waals surface area contributed by atoms with E-state index in [2.05, 4.69) is 48.7 Å². The van der Waals surface area contributed by atoms with Gasteiger partial charge in [0, 0.05) is 24.0 Å². The highest BCUT2D eigenvalue weighted by Gasteiger charge is 2.17. The minimum atomic E-state index is 0.196. The molecule has 0 spiro atoms. The standard InChI is InChI=1S/C17H23NOS/c1-14-7-9-15(10-8-14)13-20-12-11-18-17(19)16-5-3-2-4-6-16/h2-3,7-10,16H,4-6,11-13H2,1H3,(H,18,19). The van der Waals surface area contributed by atoms with Gasteiger partial charge >= 0.3 is 0 Å². The Morgan fingerprint density at radius 1 is 1.30 bits per heavy atom. The maximum absolute atomic E-state index is 11.9. The first-order valence-electron chi connectivity index (χ1n) is 7.31. The molecule has 1 unspecified atom stereocenters. The van der Waals surface area contributed by atoms with Gasteiger partial charge in [0.1, 0.15) is 0 Å². The topological polar surface area (TPSA) is 29.1 Å². The number of hydrogen-bond donors (Lipinski definition) is 1. The molecule has 0 bridgehead atoms. The van der Waals surface area contributed by atoms with Crippen molar-refractivity contribution in [3.8, 4) is 0 Å². The Morgan fingerprint density at radius 2 is 2.10 bits per heavy atom. The lowest BCUT2D eigenvalue weighted by atomic mass is 9.94. The summed E-state index contributed by atoms with van der Waals surface area (Å²) in [5.74, 6) is 2.41. The molecule has 2 rings (SSSR count). The molecule has 1 atom stereocenters. The van der Waals surface area contributed by atoms with Gasteiger partial charge in [0.25, 0.3) is 0 Å². The molecule has 1 aromatic rings. The molecule has 1 aliphatic rings. The van der Waals surface area contributed by atoms with Crippen molar-refractivity contribution in [1.29, 1.82) is 0 Å². The molecule has 0 heterocycles. The maximum Gasteiger partial charge on any atom is 0.223 e. The van der Waals surface area contributed by atoms with Crippen LogP contribution in [-0.4, -0.2) is 18.2 Å². The first-order chi connectivity index (χ1) is 9.75. The Kier molecular flexibility index (Phi) is 6.19. The molecule has 2 nitrogen and oxygen atoms in total. The van der Waals surface area contributed by atoms with Gasteiger partial charge in [-0.2, -0.15) is 11.8 Å². The molecule has 3 heteroatoms. The fourth-order valence-electron chi connectivity index (χ4n) is 2.30. The summed E-state index contributed by atoms with van der Waals surface area (Å²) in [5.41, 5.74) is 2.65. The fraction of sp³-hybridized carbons (Fsp3) is 0.471. The first kappa shape index (κ1) is 15.2. The summed E-state index contributed by atoms with van der Waals surface area (Å²) in [7, 11) is 0. The Balaban J connectivity index is 1.58. The van der Waals surface area contributed by atoms with Crippen molar-refractivity contribution in [1.82, 2.24) is 5.32 Å². The van der Waals surface area contributed by atoms with Crippen molar-refractivity contribution < 1.29 is 4.79 Å². The number of rotatable bonds is 6. The number of amides is 1. The van der Waals surface area contributed by atoms with E-state index >= 15 is 0 Å². The van der Waals surface area contributed by atoms with Crippen molar-refractivity contribution in [3.63, 3.8) is 0 Å². The summed E-state index contributed by atoms with van der Waals surface area (Å²) in [4.78, 5) is 11.9. The van der Waals surface area contributed by atoms with Crippen LogP contribution in [0.25, 0.3) is 0 Å². The molecule has 0 saturated heterocycles. The summed E-state index contributed by atoms with van der Waals surface area (Å²) < 4.78 is 0. The zero-order valence-electron chi connectivity index (χ0n) is 12.1. The molecule has 1 N–H and O–H groups in total. The average Bonchev–Trinajstić information content (AvgIpc) is 2.49. The summed E-state index contributed by atoms with van der Waals surface area (Å²) in [6, 6.07) is 8.65. The second kappa shape index (κ2) is 8.15. The third-order valence-electron chi connectivity index (χ3n) is 3.57. The van der Waals surface area contributed by atoms with Gasteiger partial charge in [0.2, 0.25) is 5.91 Å². The summed E-state index contributed by atoms with van der Waals surface area (Å²) in [6.45, 7) is 2.88. The van der Waals surface area contributed by atoms with Gasteiger partial charge in [0.15, 0.2) is 0 Å². The second-order valence-electron chi connectivity index (χ2n) is 5.31. The lowest BCUT2D eigenvalue weighted by Crippen LogP contribution is -2.32. The van der Waals surface area contributed by atoms with Crippen molar-refractivity contribution >= 4 is 17.7 Å². The normalized spacial score (nSPS) is 17.9. The van der Waals surface area contributed by atoms with Crippen LogP contribution < -0.4 is 5.32 Å². The number of nitrogens with one attached hydrogen (secondary N) is 1. The van der Waals surface area contributed by atoms with E-state index < -0.39 is 0 Å².